The molecule has 0 radical (unpaired) electrons. The van der Waals surface area contributed by atoms with Crippen molar-refractivity contribution >= 4 is 0 Å². The van der Waals surface area contributed by atoms with Crippen molar-refractivity contribution in [2.24, 2.45) is 0 Å². The molecule has 3 heteroatoms. The number of aliphatic hydroxyl groups excluding tert-OH is 1. The summed E-state index contributed by atoms with van der Waals surface area (Å²) in [4.78, 5) is 0. The smallest absolute Gasteiger partial charge is 0.119 e. The summed E-state index contributed by atoms with van der Waals surface area (Å²) in [7, 11) is 0. The van der Waals surface area contributed by atoms with Crippen molar-refractivity contribution < 1.29 is 9.84 Å². The lowest BCUT2D eigenvalue weighted by molar-refractivity contribution is 0.0619. The van der Waals surface area contributed by atoms with Crippen LogP contribution < -0.4 is 10.1 Å². The number of hydrogen-bond donors (Lipinski definition) is 2. The first-order chi connectivity index (χ1) is 10.3. The topological polar surface area (TPSA) is 41.5 Å². The van der Waals surface area contributed by atoms with Gasteiger partial charge in [-0.3, -0.25) is 0 Å². The van der Waals surface area contributed by atoms with Crippen LogP contribution in [0.15, 0.2) is 54.6 Å². The standard InChI is InChI=1S/C18H21NO2/c20-17-10-16(11-17)19-12-14-6-8-18(9-7-14)21-13-15-4-2-1-3-5-15/h1-9,16-17,19-20H,10-13H2. The molecule has 1 aliphatic carbocycles. The van der Waals surface area contributed by atoms with Gasteiger partial charge in [-0.1, -0.05) is 42.5 Å². The molecule has 1 saturated carbocycles. The molecule has 0 atom stereocenters. The van der Waals surface area contributed by atoms with Crippen LogP contribution in [0.25, 0.3) is 0 Å². The van der Waals surface area contributed by atoms with E-state index in [1.807, 2.05) is 30.3 Å². The second-order valence-electron chi connectivity index (χ2n) is 5.62. The summed E-state index contributed by atoms with van der Waals surface area (Å²) in [5, 5.41) is 12.7. The average molecular weight is 283 g/mol. The highest BCUT2D eigenvalue weighted by Crippen LogP contribution is 2.20. The van der Waals surface area contributed by atoms with Crippen molar-refractivity contribution in [2.45, 2.75) is 38.1 Å². The molecule has 3 nitrogen and oxygen atoms in total. The van der Waals surface area contributed by atoms with E-state index >= 15 is 0 Å². The van der Waals surface area contributed by atoms with E-state index in [0.29, 0.717) is 12.6 Å². The molecular formula is C18H21NO2. The number of ether oxygens (including phenoxy) is 1. The number of aliphatic hydroxyl groups is 1. The first kappa shape index (κ1) is 14.1. The first-order valence-corrected chi connectivity index (χ1v) is 7.47. The third-order valence-corrected chi connectivity index (χ3v) is 3.88. The van der Waals surface area contributed by atoms with Crippen molar-refractivity contribution in [2.75, 3.05) is 0 Å². The Morgan fingerprint density at radius 1 is 0.952 bits per heavy atom. The Morgan fingerprint density at radius 3 is 2.33 bits per heavy atom. The number of nitrogens with one attached hydrogen (secondary N) is 1. The van der Waals surface area contributed by atoms with Gasteiger partial charge in [0, 0.05) is 12.6 Å². The number of benzene rings is 2. The Hall–Kier alpha value is -1.84. The third kappa shape index (κ3) is 4.06. The SMILES string of the molecule is OC1CC(NCc2ccc(OCc3ccccc3)cc2)C1. The van der Waals surface area contributed by atoms with Crippen LogP contribution in [-0.2, 0) is 13.2 Å². The highest BCUT2D eigenvalue weighted by Gasteiger charge is 2.26. The quantitative estimate of drug-likeness (QED) is 0.856. The molecule has 0 bridgehead atoms. The fourth-order valence-corrected chi connectivity index (χ4v) is 2.46. The highest BCUT2D eigenvalue weighted by atomic mass is 16.5. The van der Waals surface area contributed by atoms with E-state index < -0.39 is 0 Å². The van der Waals surface area contributed by atoms with Crippen molar-refractivity contribution in [3.8, 4) is 5.75 Å². The van der Waals surface area contributed by atoms with Gasteiger partial charge in [0.2, 0.25) is 0 Å². The van der Waals surface area contributed by atoms with Gasteiger partial charge in [-0.25, -0.2) is 0 Å². The fraction of sp³-hybridized carbons (Fsp3) is 0.333. The molecular weight excluding hydrogens is 262 g/mol. The minimum absolute atomic E-state index is 0.101. The van der Waals surface area contributed by atoms with E-state index in [1.165, 1.54) is 11.1 Å². The van der Waals surface area contributed by atoms with Crippen LogP contribution in [-0.4, -0.2) is 17.3 Å². The Kier molecular flexibility index (Phi) is 4.53. The van der Waals surface area contributed by atoms with Gasteiger partial charge in [0.25, 0.3) is 0 Å². The van der Waals surface area contributed by atoms with Gasteiger partial charge in [-0.15, -0.1) is 0 Å². The summed E-state index contributed by atoms with van der Waals surface area (Å²) in [6, 6.07) is 18.8. The molecule has 2 aromatic rings. The van der Waals surface area contributed by atoms with Gasteiger partial charge in [0.1, 0.15) is 12.4 Å². The molecule has 3 rings (SSSR count). The van der Waals surface area contributed by atoms with Crippen LogP contribution in [0.3, 0.4) is 0 Å². The largest absolute Gasteiger partial charge is 0.489 e. The van der Waals surface area contributed by atoms with Crippen LogP contribution >= 0.6 is 0 Å². The van der Waals surface area contributed by atoms with Gasteiger partial charge in [0.05, 0.1) is 6.10 Å². The van der Waals surface area contributed by atoms with Crippen molar-refractivity contribution in [1.82, 2.24) is 5.32 Å². The molecule has 0 amide bonds. The molecule has 2 N–H and O–H groups in total. The Labute approximate surface area is 125 Å². The molecule has 0 aromatic heterocycles. The van der Waals surface area contributed by atoms with Crippen molar-refractivity contribution in [1.29, 1.82) is 0 Å². The Balaban J connectivity index is 1.45. The molecule has 21 heavy (non-hydrogen) atoms. The predicted molar refractivity (Wildman–Crippen MR) is 83.1 cm³/mol. The van der Waals surface area contributed by atoms with Gasteiger partial charge in [0.15, 0.2) is 0 Å². The van der Waals surface area contributed by atoms with Crippen LogP contribution in [0.4, 0.5) is 0 Å². The van der Waals surface area contributed by atoms with E-state index in [-0.39, 0.29) is 6.10 Å². The van der Waals surface area contributed by atoms with Crippen LogP contribution in [0.2, 0.25) is 0 Å². The molecule has 0 heterocycles. The number of rotatable bonds is 6. The van der Waals surface area contributed by atoms with Crippen LogP contribution in [0.5, 0.6) is 5.75 Å². The third-order valence-electron chi connectivity index (χ3n) is 3.88. The van der Waals surface area contributed by atoms with E-state index in [2.05, 4.69) is 29.6 Å². The van der Waals surface area contributed by atoms with Crippen LogP contribution in [0.1, 0.15) is 24.0 Å². The normalized spacial score (nSPS) is 20.8. The summed E-state index contributed by atoms with van der Waals surface area (Å²) in [5.74, 6) is 0.890. The van der Waals surface area contributed by atoms with E-state index in [1.54, 1.807) is 0 Å². The van der Waals surface area contributed by atoms with Crippen molar-refractivity contribution in [3.05, 3.63) is 65.7 Å². The molecule has 0 aliphatic heterocycles. The first-order valence-electron chi connectivity index (χ1n) is 7.47. The van der Waals surface area contributed by atoms with Gasteiger partial charge in [-0.2, -0.15) is 0 Å². The molecule has 0 unspecified atom stereocenters. The summed E-state index contributed by atoms with van der Waals surface area (Å²) < 4.78 is 5.77. The average Bonchev–Trinajstić information content (AvgIpc) is 2.50. The zero-order chi connectivity index (χ0) is 14.5. The second-order valence-corrected chi connectivity index (χ2v) is 5.62. The molecule has 0 spiro atoms. The Morgan fingerprint density at radius 2 is 1.67 bits per heavy atom. The van der Waals surface area contributed by atoms with Crippen molar-refractivity contribution in [3.63, 3.8) is 0 Å². The number of hydrogen-bond acceptors (Lipinski definition) is 3. The highest BCUT2D eigenvalue weighted by molar-refractivity contribution is 5.27. The minimum atomic E-state index is -0.101. The Bertz CT molecular complexity index is 547. The summed E-state index contributed by atoms with van der Waals surface area (Å²) >= 11 is 0. The summed E-state index contributed by atoms with van der Waals surface area (Å²) in [6.45, 7) is 1.44. The lowest BCUT2D eigenvalue weighted by Gasteiger charge is -2.32. The zero-order valence-corrected chi connectivity index (χ0v) is 12.0. The molecule has 110 valence electrons. The van der Waals surface area contributed by atoms with Crippen LogP contribution in [0, 0.1) is 0 Å². The maximum Gasteiger partial charge on any atom is 0.119 e. The van der Waals surface area contributed by atoms with Gasteiger partial charge < -0.3 is 15.2 Å². The molecule has 1 aliphatic rings. The molecule has 2 aromatic carbocycles. The second kappa shape index (κ2) is 6.74. The molecule has 0 saturated heterocycles. The van der Waals surface area contributed by atoms with Gasteiger partial charge in [-0.05, 0) is 36.1 Å². The lowest BCUT2D eigenvalue weighted by Crippen LogP contribution is -2.43. The van der Waals surface area contributed by atoms with E-state index in [0.717, 1.165) is 25.1 Å². The lowest BCUT2D eigenvalue weighted by atomic mass is 9.89. The molecule has 1 fully saturated rings. The zero-order valence-electron chi connectivity index (χ0n) is 12.0. The fourth-order valence-electron chi connectivity index (χ4n) is 2.46. The van der Waals surface area contributed by atoms with E-state index in [9.17, 15) is 5.11 Å². The maximum atomic E-state index is 9.25. The minimum Gasteiger partial charge on any atom is -0.489 e. The summed E-state index contributed by atoms with van der Waals surface area (Å²) in [6.07, 6.45) is 1.65. The summed E-state index contributed by atoms with van der Waals surface area (Å²) in [5.41, 5.74) is 2.41. The predicted octanol–water partition coefficient (Wildman–Crippen LogP) is 2.88. The maximum absolute atomic E-state index is 9.25. The monoisotopic (exact) mass is 283 g/mol. The van der Waals surface area contributed by atoms with Gasteiger partial charge >= 0.3 is 0 Å². The van der Waals surface area contributed by atoms with E-state index in [4.69, 9.17) is 4.74 Å².